The van der Waals surface area contributed by atoms with E-state index in [1.54, 1.807) is 49.4 Å². The van der Waals surface area contributed by atoms with Crippen LogP contribution in [-0.2, 0) is 4.79 Å². The van der Waals surface area contributed by atoms with Crippen molar-refractivity contribution in [2.75, 3.05) is 18.9 Å². The molecule has 0 aromatic heterocycles. The maximum Gasteiger partial charge on any atom is 0.261 e. The zero-order valence-corrected chi connectivity index (χ0v) is 15.0. The highest BCUT2D eigenvalue weighted by Gasteiger charge is 2.35. The summed E-state index contributed by atoms with van der Waals surface area (Å²) in [5, 5.41) is 5.24. The molecule has 0 aliphatic carbocycles. The lowest BCUT2D eigenvalue weighted by Crippen LogP contribution is -2.33. The molecular weight excluding hydrogens is 346 g/mol. The average Bonchev–Trinajstić information content (AvgIpc) is 2.90. The van der Waals surface area contributed by atoms with Gasteiger partial charge in [0.25, 0.3) is 17.7 Å². The second-order valence-corrected chi connectivity index (χ2v) is 6.18. The standard InChI is InChI=1S/C20H19N3O4/c1-12-6-5-9-15(17(12)18(25)21-2)22-16(24)10-11-23-19(26)13-7-3-4-8-14(13)20(23)27/h3-9H,10-11H2,1-2H3,(H,21,25)(H,22,24). The van der Waals surface area contributed by atoms with Crippen molar-refractivity contribution in [3.63, 3.8) is 0 Å². The molecule has 0 bridgehead atoms. The van der Waals surface area contributed by atoms with Crippen molar-refractivity contribution < 1.29 is 19.2 Å². The molecule has 2 N–H and O–H groups in total. The van der Waals surface area contributed by atoms with Crippen molar-refractivity contribution in [1.82, 2.24) is 10.2 Å². The minimum absolute atomic E-state index is 0.0285. The van der Waals surface area contributed by atoms with E-state index >= 15 is 0 Å². The number of benzene rings is 2. The molecular formula is C20H19N3O4. The van der Waals surface area contributed by atoms with Crippen LogP contribution >= 0.6 is 0 Å². The predicted molar refractivity (Wildman–Crippen MR) is 99.6 cm³/mol. The molecule has 0 atom stereocenters. The van der Waals surface area contributed by atoms with Crippen LogP contribution in [0.15, 0.2) is 42.5 Å². The molecule has 7 nitrogen and oxygen atoms in total. The van der Waals surface area contributed by atoms with Crippen molar-refractivity contribution in [2.24, 2.45) is 0 Å². The first-order valence-corrected chi connectivity index (χ1v) is 8.50. The lowest BCUT2D eigenvalue weighted by atomic mass is 10.1. The van der Waals surface area contributed by atoms with Gasteiger partial charge in [-0.3, -0.25) is 24.1 Å². The first-order valence-electron chi connectivity index (χ1n) is 8.50. The highest BCUT2D eigenvalue weighted by molar-refractivity contribution is 6.21. The summed E-state index contributed by atoms with van der Waals surface area (Å²) in [5.74, 6) is -1.49. The van der Waals surface area contributed by atoms with E-state index in [0.29, 0.717) is 22.4 Å². The molecule has 3 rings (SSSR count). The summed E-state index contributed by atoms with van der Waals surface area (Å²) in [7, 11) is 1.52. The fourth-order valence-corrected chi connectivity index (χ4v) is 3.07. The summed E-state index contributed by atoms with van der Waals surface area (Å²) in [6.07, 6.45) is -0.0629. The summed E-state index contributed by atoms with van der Waals surface area (Å²) in [5.41, 5.74) is 2.20. The molecule has 1 heterocycles. The number of hydrogen-bond acceptors (Lipinski definition) is 4. The van der Waals surface area contributed by atoms with Crippen LogP contribution < -0.4 is 10.6 Å². The summed E-state index contributed by atoms with van der Waals surface area (Å²) in [4.78, 5) is 50.1. The van der Waals surface area contributed by atoms with Crippen LogP contribution in [0.3, 0.4) is 0 Å². The molecule has 0 unspecified atom stereocenters. The molecule has 0 saturated carbocycles. The van der Waals surface area contributed by atoms with Crippen molar-refractivity contribution in [3.05, 3.63) is 64.7 Å². The van der Waals surface area contributed by atoms with E-state index in [4.69, 9.17) is 0 Å². The van der Waals surface area contributed by atoms with E-state index in [9.17, 15) is 19.2 Å². The topological polar surface area (TPSA) is 95.6 Å². The highest BCUT2D eigenvalue weighted by Crippen LogP contribution is 2.23. The van der Waals surface area contributed by atoms with Gasteiger partial charge in [0.1, 0.15) is 0 Å². The zero-order chi connectivity index (χ0) is 19.6. The number of nitrogens with zero attached hydrogens (tertiary/aromatic N) is 1. The first kappa shape index (κ1) is 18.3. The van der Waals surface area contributed by atoms with Crippen LogP contribution in [0.1, 0.15) is 43.1 Å². The molecule has 0 fully saturated rings. The van der Waals surface area contributed by atoms with Gasteiger partial charge >= 0.3 is 0 Å². The SMILES string of the molecule is CNC(=O)c1c(C)cccc1NC(=O)CCN1C(=O)c2ccccc2C1=O. The normalized spacial score (nSPS) is 12.7. The van der Waals surface area contributed by atoms with Gasteiger partial charge in [-0.2, -0.15) is 0 Å². The van der Waals surface area contributed by atoms with Gasteiger partial charge in [0.15, 0.2) is 0 Å². The summed E-state index contributed by atoms with van der Waals surface area (Å²) < 4.78 is 0. The highest BCUT2D eigenvalue weighted by atomic mass is 16.2. The van der Waals surface area contributed by atoms with Crippen molar-refractivity contribution in [3.8, 4) is 0 Å². The molecule has 4 amide bonds. The molecule has 2 aromatic rings. The number of amides is 4. The fraction of sp³-hybridized carbons (Fsp3) is 0.200. The Morgan fingerprint density at radius 2 is 1.59 bits per heavy atom. The lowest BCUT2D eigenvalue weighted by molar-refractivity contribution is -0.116. The Balaban J connectivity index is 1.69. The van der Waals surface area contributed by atoms with E-state index in [1.165, 1.54) is 7.05 Å². The maximum atomic E-state index is 12.3. The second-order valence-electron chi connectivity index (χ2n) is 6.18. The summed E-state index contributed by atoms with van der Waals surface area (Å²) >= 11 is 0. The van der Waals surface area contributed by atoms with Crippen LogP contribution in [0.2, 0.25) is 0 Å². The molecule has 27 heavy (non-hydrogen) atoms. The van der Waals surface area contributed by atoms with Crippen molar-refractivity contribution in [1.29, 1.82) is 0 Å². The number of hydrogen-bond donors (Lipinski definition) is 2. The van der Waals surface area contributed by atoms with Crippen molar-refractivity contribution in [2.45, 2.75) is 13.3 Å². The quantitative estimate of drug-likeness (QED) is 0.792. The van der Waals surface area contributed by atoms with Gasteiger partial charge in [0.2, 0.25) is 5.91 Å². The second kappa shape index (κ2) is 7.41. The van der Waals surface area contributed by atoms with Crippen LogP contribution in [0.5, 0.6) is 0 Å². The van der Waals surface area contributed by atoms with Crippen LogP contribution in [0, 0.1) is 6.92 Å². The van der Waals surface area contributed by atoms with Crippen molar-refractivity contribution >= 4 is 29.3 Å². The third-order valence-electron chi connectivity index (χ3n) is 4.44. The Labute approximate surface area is 156 Å². The Bertz CT molecular complexity index is 917. The number of rotatable bonds is 5. The Morgan fingerprint density at radius 3 is 2.19 bits per heavy atom. The number of fused-ring (bicyclic) bond motifs is 1. The van der Waals surface area contributed by atoms with Crippen LogP contribution in [-0.4, -0.2) is 42.1 Å². The molecule has 7 heteroatoms. The predicted octanol–water partition coefficient (Wildman–Crippen LogP) is 1.98. The molecule has 2 aromatic carbocycles. The smallest absolute Gasteiger partial charge is 0.261 e. The molecule has 0 spiro atoms. The number of nitrogens with one attached hydrogen (secondary N) is 2. The van der Waals surface area contributed by atoms with Gasteiger partial charge < -0.3 is 10.6 Å². The van der Waals surface area contributed by atoms with Crippen LogP contribution in [0.25, 0.3) is 0 Å². The van der Waals surface area contributed by atoms with E-state index in [2.05, 4.69) is 10.6 Å². The Kier molecular flexibility index (Phi) is 5.03. The zero-order valence-electron chi connectivity index (χ0n) is 15.0. The number of imide groups is 1. The summed E-state index contributed by atoms with van der Waals surface area (Å²) in [6.45, 7) is 1.75. The maximum absolute atomic E-state index is 12.3. The molecule has 0 saturated heterocycles. The number of anilines is 1. The van der Waals surface area contributed by atoms with Crippen LogP contribution in [0.4, 0.5) is 5.69 Å². The number of carbonyl (C=O) groups is 4. The van der Waals surface area contributed by atoms with E-state index in [0.717, 1.165) is 10.5 Å². The first-order chi connectivity index (χ1) is 12.9. The molecule has 138 valence electrons. The minimum Gasteiger partial charge on any atom is -0.355 e. The summed E-state index contributed by atoms with van der Waals surface area (Å²) in [6, 6.07) is 11.7. The van der Waals surface area contributed by atoms with Gasteiger partial charge in [-0.25, -0.2) is 0 Å². The molecule has 1 aliphatic rings. The minimum atomic E-state index is -0.398. The van der Waals surface area contributed by atoms with E-state index in [-0.39, 0.29) is 24.8 Å². The van der Waals surface area contributed by atoms with Gasteiger partial charge in [-0.15, -0.1) is 0 Å². The Hall–Kier alpha value is -3.48. The third kappa shape index (κ3) is 3.44. The average molecular weight is 365 g/mol. The van der Waals surface area contributed by atoms with Gasteiger partial charge in [0.05, 0.1) is 22.4 Å². The molecule has 0 radical (unpaired) electrons. The number of carbonyl (C=O) groups excluding carboxylic acids is 4. The monoisotopic (exact) mass is 365 g/mol. The van der Waals surface area contributed by atoms with Gasteiger partial charge in [-0.05, 0) is 30.7 Å². The number of aryl methyl sites for hydroxylation is 1. The lowest BCUT2D eigenvalue weighted by Gasteiger charge is -2.15. The fourth-order valence-electron chi connectivity index (χ4n) is 3.07. The largest absolute Gasteiger partial charge is 0.355 e. The molecule has 1 aliphatic heterocycles. The Morgan fingerprint density at radius 1 is 0.963 bits per heavy atom. The third-order valence-corrected chi connectivity index (χ3v) is 4.44. The van der Waals surface area contributed by atoms with E-state index < -0.39 is 11.8 Å². The van der Waals surface area contributed by atoms with E-state index in [1.807, 2.05) is 0 Å². The van der Waals surface area contributed by atoms with Gasteiger partial charge in [0, 0.05) is 20.0 Å². The van der Waals surface area contributed by atoms with Gasteiger partial charge in [-0.1, -0.05) is 24.3 Å².